The molecule has 1 atom stereocenters. The zero-order valence-corrected chi connectivity index (χ0v) is 15.1. The predicted octanol–water partition coefficient (Wildman–Crippen LogP) is 2.13. The van der Waals surface area contributed by atoms with Gasteiger partial charge in [0.15, 0.2) is 0 Å². The number of para-hydroxylation sites is 2. The predicted molar refractivity (Wildman–Crippen MR) is 100 cm³/mol. The molecule has 0 saturated carbocycles. The molecule has 3 rings (SSSR count). The first-order valence-corrected chi connectivity index (χ1v) is 9.43. The highest BCUT2D eigenvalue weighted by Gasteiger charge is 2.36. The summed E-state index contributed by atoms with van der Waals surface area (Å²) in [6, 6.07) is 14.4. The molecular weight excluding hydrogens is 352 g/mol. The highest BCUT2D eigenvalue weighted by Crippen LogP contribution is 2.36. The molecule has 0 unspecified atom stereocenters. The molecule has 2 amide bonds. The molecule has 0 radical (unpaired) electrons. The molecule has 2 aromatic carbocycles. The smallest absolute Gasteiger partial charge is 0.313 e. The second-order valence-electron chi connectivity index (χ2n) is 5.96. The van der Waals surface area contributed by atoms with Gasteiger partial charge in [0.25, 0.3) is 0 Å². The number of thioether (sulfide) groups is 1. The first-order valence-electron chi connectivity index (χ1n) is 8.20. The Labute approximate surface area is 155 Å². The number of aliphatic hydroxyl groups is 1. The molecular formula is C19H20N2O4S. The molecule has 0 spiro atoms. The van der Waals surface area contributed by atoms with Gasteiger partial charge in [-0.15, -0.1) is 11.8 Å². The Bertz CT molecular complexity index is 827. The number of carbonyl (C=O) groups excluding carboxylic acids is 2. The molecule has 1 aliphatic heterocycles. The Morgan fingerprint density at radius 3 is 2.69 bits per heavy atom. The molecule has 0 bridgehead atoms. The van der Waals surface area contributed by atoms with Gasteiger partial charge in [0.1, 0.15) is 11.4 Å². The number of rotatable bonds is 4. The number of benzene rings is 2. The third-order valence-electron chi connectivity index (χ3n) is 4.26. The van der Waals surface area contributed by atoms with Gasteiger partial charge in [-0.2, -0.15) is 0 Å². The van der Waals surface area contributed by atoms with Crippen molar-refractivity contribution >= 4 is 29.3 Å². The van der Waals surface area contributed by atoms with E-state index in [1.165, 1.54) is 11.8 Å². The summed E-state index contributed by atoms with van der Waals surface area (Å²) in [5.74, 6) is -0.970. The van der Waals surface area contributed by atoms with Crippen LogP contribution in [0.2, 0.25) is 0 Å². The standard InChI is InChI=1S/C19H20N2O4S/c1-26-16-9-5-3-7-14(16)21-18(23)17(22)20-12-19(24)10-11-25-15-8-4-2-6-13(15)19/h2-9,24H,10-12H2,1H3,(H,20,22)(H,21,23)/t19-/m1/s1. The summed E-state index contributed by atoms with van der Waals surface area (Å²) in [5, 5.41) is 16.0. The summed E-state index contributed by atoms with van der Waals surface area (Å²) in [7, 11) is 0. The molecule has 0 aliphatic carbocycles. The molecule has 3 N–H and O–H groups in total. The number of nitrogens with one attached hydrogen (secondary N) is 2. The topological polar surface area (TPSA) is 87.7 Å². The number of hydrogen-bond donors (Lipinski definition) is 3. The van der Waals surface area contributed by atoms with Gasteiger partial charge in [0, 0.05) is 16.9 Å². The fraction of sp³-hybridized carbons (Fsp3) is 0.263. The lowest BCUT2D eigenvalue weighted by molar-refractivity contribution is -0.137. The van der Waals surface area contributed by atoms with Crippen LogP contribution in [-0.2, 0) is 15.2 Å². The molecule has 7 heteroatoms. The third-order valence-corrected chi connectivity index (χ3v) is 5.06. The zero-order valence-electron chi connectivity index (χ0n) is 14.3. The van der Waals surface area contributed by atoms with E-state index >= 15 is 0 Å². The molecule has 26 heavy (non-hydrogen) atoms. The lowest BCUT2D eigenvalue weighted by Crippen LogP contribution is -2.46. The first-order chi connectivity index (χ1) is 12.5. The quantitative estimate of drug-likeness (QED) is 0.565. The van der Waals surface area contributed by atoms with Crippen LogP contribution in [0.3, 0.4) is 0 Å². The average Bonchev–Trinajstić information content (AvgIpc) is 2.67. The minimum atomic E-state index is -1.26. The fourth-order valence-electron chi connectivity index (χ4n) is 2.86. The van der Waals surface area contributed by atoms with Crippen molar-refractivity contribution in [1.82, 2.24) is 5.32 Å². The number of fused-ring (bicyclic) bond motifs is 1. The fourth-order valence-corrected chi connectivity index (χ4v) is 3.41. The summed E-state index contributed by atoms with van der Waals surface area (Å²) in [6.07, 6.45) is 2.23. The maximum absolute atomic E-state index is 12.2. The molecule has 1 aliphatic rings. The van der Waals surface area contributed by atoms with E-state index in [0.29, 0.717) is 30.0 Å². The maximum Gasteiger partial charge on any atom is 0.313 e. The number of anilines is 1. The summed E-state index contributed by atoms with van der Waals surface area (Å²) >= 11 is 1.48. The molecule has 136 valence electrons. The molecule has 1 heterocycles. The van der Waals surface area contributed by atoms with Crippen molar-refractivity contribution in [3.05, 3.63) is 54.1 Å². The number of amides is 2. The Kier molecular flexibility index (Phi) is 5.49. The second-order valence-corrected chi connectivity index (χ2v) is 6.81. The molecule has 0 aromatic heterocycles. The van der Waals surface area contributed by atoms with Crippen LogP contribution in [-0.4, -0.2) is 36.3 Å². The van der Waals surface area contributed by atoms with Crippen LogP contribution in [0.25, 0.3) is 0 Å². The molecule has 0 saturated heterocycles. The van der Waals surface area contributed by atoms with E-state index in [2.05, 4.69) is 10.6 Å². The largest absolute Gasteiger partial charge is 0.493 e. The van der Waals surface area contributed by atoms with Crippen LogP contribution >= 0.6 is 11.8 Å². The summed E-state index contributed by atoms with van der Waals surface area (Å²) < 4.78 is 5.52. The van der Waals surface area contributed by atoms with Crippen LogP contribution in [0.15, 0.2) is 53.4 Å². The third kappa shape index (κ3) is 3.84. The highest BCUT2D eigenvalue weighted by atomic mass is 32.2. The van der Waals surface area contributed by atoms with Gasteiger partial charge in [-0.05, 0) is 24.5 Å². The van der Waals surface area contributed by atoms with E-state index in [1.54, 1.807) is 30.3 Å². The van der Waals surface area contributed by atoms with Crippen molar-refractivity contribution in [3.63, 3.8) is 0 Å². The van der Waals surface area contributed by atoms with Crippen LogP contribution in [0.1, 0.15) is 12.0 Å². The normalized spacial score (nSPS) is 18.4. The minimum Gasteiger partial charge on any atom is -0.493 e. The summed E-state index contributed by atoms with van der Waals surface area (Å²) in [6.45, 7) is 0.278. The van der Waals surface area contributed by atoms with E-state index in [0.717, 1.165) is 4.90 Å². The van der Waals surface area contributed by atoms with E-state index in [1.807, 2.05) is 24.5 Å². The van der Waals surface area contributed by atoms with Crippen molar-refractivity contribution in [2.24, 2.45) is 0 Å². The van der Waals surface area contributed by atoms with Crippen LogP contribution in [0.5, 0.6) is 5.75 Å². The lowest BCUT2D eigenvalue weighted by Gasteiger charge is -2.34. The van der Waals surface area contributed by atoms with Crippen molar-refractivity contribution in [1.29, 1.82) is 0 Å². The zero-order chi connectivity index (χ0) is 18.6. The van der Waals surface area contributed by atoms with Crippen molar-refractivity contribution < 1.29 is 19.4 Å². The second kappa shape index (κ2) is 7.80. The Hall–Kier alpha value is -2.51. The number of carbonyl (C=O) groups is 2. The average molecular weight is 372 g/mol. The van der Waals surface area contributed by atoms with Gasteiger partial charge >= 0.3 is 11.8 Å². The minimum absolute atomic E-state index is 0.0657. The highest BCUT2D eigenvalue weighted by molar-refractivity contribution is 7.98. The van der Waals surface area contributed by atoms with Crippen molar-refractivity contribution in [3.8, 4) is 5.75 Å². The van der Waals surface area contributed by atoms with Gasteiger partial charge in [-0.1, -0.05) is 30.3 Å². The molecule has 2 aromatic rings. The van der Waals surface area contributed by atoms with Gasteiger partial charge < -0.3 is 20.5 Å². The molecule has 6 nitrogen and oxygen atoms in total. The van der Waals surface area contributed by atoms with Crippen molar-refractivity contribution in [2.45, 2.75) is 16.9 Å². The van der Waals surface area contributed by atoms with Crippen molar-refractivity contribution in [2.75, 3.05) is 24.7 Å². The lowest BCUT2D eigenvalue weighted by atomic mass is 9.88. The van der Waals surface area contributed by atoms with Gasteiger partial charge in [0.05, 0.1) is 18.8 Å². The molecule has 0 fully saturated rings. The van der Waals surface area contributed by atoms with E-state index in [-0.39, 0.29) is 6.54 Å². The Balaban J connectivity index is 1.65. The van der Waals surface area contributed by atoms with E-state index in [9.17, 15) is 14.7 Å². The van der Waals surface area contributed by atoms with Gasteiger partial charge in [0.2, 0.25) is 0 Å². The van der Waals surface area contributed by atoms with Gasteiger partial charge in [-0.25, -0.2) is 0 Å². The SMILES string of the molecule is CSc1ccccc1NC(=O)C(=O)NC[C@]1(O)CCOc2ccccc21. The van der Waals surface area contributed by atoms with Crippen LogP contribution < -0.4 is 15.4 Å². The van der Waals surface area contributed by atoms with E-state index < -0.39 is 17.4 Å². The number of hydrogen-bond acceptors (Lipinski definition) is 5. The number of ether oxygens (including phenoxy) is 1. The summed E-state index contributed by atoms with van der Waals surface area (Å²) in [4.78, 5) is 25.2. The monoisotopic (exact) mass is 372 g/mol. The van der Waals surface area contributed by atoms with Gasteiger partial charge in [-0.3, -0.25) is 9.59 Å². The first kappa shape index (κ1) is 18.3. The maximum atomic E-state index is 12.2. The van der Waals surface area contributed by atoms with Crippen LogP contribution in [0, 0.1) is 0 Å². The summed E-state index contributed by atoms with van der Waals surface area (Å²) in [5.41, 5.74) is -0.0722. The van der Waals surface area contributed by atoms with E-state index in [4.69, 9.17) is 4.74 Å². The van der Waals surface area contributed by atoms with Crippen LogP contribution in [0.4, 0.5) is 5.69 Å². The Morgan fingerprint density at radius 2 is 1.88 bits per heavy atom. The Morgan fingerprint density at radius 1 is 1.15 bits per heavy atom.